The number of hydrogen-bond donors (Lipinski definition) is 0. The Bertz CT molecular complexity index is 799. The summed E-state index contributed by atoms with van der Waals surface area (Å²) in [5.41, 5.74) is -3.92. The van der Waals surface area contributed by atoms with Gasteiger partial charge in [0.2, 0.25) is 0 Å². The Morgan fingerprint density at radius 2 is 1.76 bits per heavy atom. The van der Waals surface area contributed by atoms with E-state index in [0.29, 0.717) is 5.69 Å². The first-order valence-corrected chi connectivity index (χ1v) is 7.64. The highest BCUT2D eigenvalue weighted by atomic mass is 32.2. The highest BCUT2D eigenvalue weighted by molar-refractivity contribution is 7.92. The van der Waals surface area contributed by atoms with Crippen LogP contribution in [0.25, 0.3) is 5.65 Å². The highest BCUT2D eigenvalue weighted by Crippen LogP contribution is 2.32. The third kappa shape index (κ3) is 2.52. The lowest BCUT2D eigenvalue weighted by Gasteiger charge is -2.19. The van der Waals surface area contributed by atoms with Gasteiger partial charge in [-0.25, -0.2) is 13.4 Å². The van der Waals surface area contributed by atoms with Crippen molar-refractivity contribution in [3.8, 4) is 0 Å². The minimum absolute atomic E-state index is 0.183. The second kappa shape index (κ2) is 4.46. The fourth-order valence-corrected chi connectivity index (χ4v) is 3.12. The van der Waals surface area contributed by atoms with Crippen molar-refractivity contribution in [3.63, 3.8) is 0 Å². The topological polar surface area (TPSA) is 51.4 Å². The Morgan fingerprint density at radius 3 is 2.24 bits per heavy atom. The number of alkyl halides is 3. The van der Waals surface area contributed by atoms with Gasteiger partial charge in [-0.05, 0) is 13.0 Å². The Hall–Kier alpha value is -1.57. The molecule has 2 heterocycles. The minimum Gasteiger partial charge on any atom is -0.303 e. The second-order valence-electron chi connectivity index (χ2n) is 5.84. The molecule has 21 heavy (non-hydrogen) atoms. The molecule has 0 unspecified atom stereocenters. The molecule has 0 aliphatic heterocycles. The molecule has 0 saturated heterocycles. The van der Waals surface area contributed by atoms with Crippen molar-refractivity contribution >= 4 is 15.5 Å². The zero-order valence-corrected chi connectivity index (χ0v) is 12.8. The lowest BCUT2D eigenvalue weighted by molar-refractivity contribution is -0.0435. The van der Waals surface area contributed by atoms with E-state index in [9.17, 15) is 21.6 Å². The summed E-state index contributed by atoms with van der Waals surface area (Å²) in [6.07, 6.45) is 1.31. The summed E-state index contributed by atoms with van der Waals surface area (Å²) in [7, 11) is -5.36. The van der Waals surface area contributed by atoms with Gasteiger partial charge >= 0.3 is 5.51 Å². The van der Waals surface area contributed by atoms with Crippen LogP contribution < -0.4 is 0 Å². The molecule has 0 amide bonds. The van der Waals surface area contributed by atoms with E-state index < -0.39 is 20.2 Å². The van der Waals surface area contributed by atoms with Crippen molar-refractivity contribution in [2.45, 2.75) is 43.5 Å². The van der Waals surface area contributed by atoms with Crippen molar-refractivity contribution in [2.24, 2.45) is 0 Å². The predicted octanol–water partition coefficient (Wildman–Crippen LogP) is 3.23. The van der Waals surface area contributed by atoms with Gasteiger partial charge in [0.15, 0.2) is 0 Å². The van der Waals surface area contributed by atoms with Crippen LogP contribution >= 0.6 is 0 Å². The van der Waals surface area contributed by atoms with Gasteiger partial charge in [0.05, 0.1) is 16.3 Å². The van der Waals surface area contributed by atoms with E-state index in [1.165, 1.54) is 6.20 Å². The maximum atomic E-state index is 12.6. The van der Waals surface area contributed by atoms with Gasteiger partial charge in [-0.3, -0.25) is 0 Å². The number of sulfone groups is 1. The van der Waals surface area contributed by atoms with Crippen LogP contribution in [0, 0.1) is 6.92 Å². The summed E-state index contributed by atoms with van der Waals surface area (Å²) in [6, 6.07) is 1.90. The maximum absolute atomic E-state index is 12.6. The van der Waals surface area contributed by atoms with Crippen LogP contribution in [0.3, 0.4) is 0 Å². The Balaban J connectivity index is 2.72. The van der Waals surface area contributed by atoms with Crippen LogP contribution in [0.15, 0.2) is 23.2 Å². The third-order valence-corrected chi connectivity index (χ3v) is 4.58. The van der Waals surface area contributed by atoms with E-state index in [0.717, 1.165) is 17.8 Å². The SMILES string of the molecule is Cc1nc2cc(S(=O)(=O)C(F)(F)F)ccn2c1C(C)(C)C. The number of hydrogen-bond acceptors (Lipinski definition) is 3. The smallest absolute Gasteiger partial charge is 0.303 e. The molecule has 2 aromatic rings. The normalized spacial score (nSPS) is 13.9. The summed E-state index contributed by atoms with van der Waals surface area (Å²) >= 11 is 0. The molecule has 0 radical (unpaired) electrons. The molecule has 2 rings (SSSR count). The molecule has 4 nitrogen and oxygen atoms in total. The summed E-state index contributed by atoms with van der Waals surface area (Å²) < 4.78 is 62.2. The van der Waals surface area contributed by atoms with Crippen molar-refractivity contribution in [2.75, 3.05) is 0 Å². The van der Waals surface area contributed by atoms with Gasteiger partial charge in [-0.2, -0.15) is 13.2 Å². The zero-order chi connectivity index (χ0) is 16.2. The first-order valence-electron chi connectivity index (χ1n) is 6.16. The quantitative estimate of drug-likeness (QED) is 0.810. The number of aryl methyl sites for hydroxylation is 1. The Morgan fingerprint density at radius 1 is 1.19 bits per heavy atom. The fourth-order valence-electron chi connectivity index (χ4n) is 2.35. The first-order chi connectivity index (χ1) is 9.35. The van der Waals surface area contributed by atoms with Gasteiger partial charge in [0.25, 0.3) is 9.84 Å². The largest absolute Gasteiger partial charge is 0.501 e. The van der Waals surface area contributed by atoms with Crippen molar-refractivity contribution in [3.05, 3.63) is 29.7 Å². The molecule has 8 heteroatoms. The molecule has 2 aromatic heterocycles. The Labute approximate surface area is 120 Å². The van der Waals surface area contributed by atoms with Gasteiger partial charge in [0, 0.05) is 17.7 Å². The molecule has 0 aliphatic rings. The molecule has 116 valence electrons. The van der Waals surface area contributed by atoms with E-state index in [4.69, 9.17) is 0 Å². The van der Waals surface area contributed by atoms with Crippen LogP contribution in [0.1, 0.15) is 32.2 Å². The van der Waals surface area contributed by atoms with Crippen LogP contribution in [-0.2, 0) is 15.3 Å². The predicted molar refractivity (Wildman–Crippen MR) is 71.9 cm³/mol. The van der Waals surface area contributed by atoms with Gasteiger partial charge in [-0.1, -0.05) is 20.8 Å². The van der Waals surface area contributed by atoms with Crippen LogP contribution in [0.5, 0.6) is 0 Å². The van der Waals surface area contributed by atoms with E-state index in [-0.39, 0.29) is 11.1 Å². The first kappa shape index (κ1) is 15.8. The van der Waals surface area contributed by atoms with Crippen molar-refractivity contribution in [1.29, 1.82) is 0 Å². The van der Waals surface area contributed by atoms with Crippen molar-refractivity contribution < 1.29 is 21.6 Å². The molecule has 0 aliphatic carbocycles. The number of halogens is 3. The summed E-state index contributed by atoms with van der Waals surface area (Å²) in [5, 5.41) is 0. The average Bonchev–Trinajstić information content (AvgIpc) is 2.61. The second-order valence-corrected chi connectivity index (χ2v) is 7.78. The minimum atomic E-state index is -5.36. The van der Waals surface area contributed by atoms with Crippen LogP contribution in [0.4, 0.5) is 13.2 Å². The summed E-state index contributed by atoms with van der Waals surface area (Å²) in [5.74, 6) is 0. The van der Waals surface area contributed by atoms with E-state index >= 15 is 0 Å². The lowest BCUT2D eigenvalue weighted by Crippen LogP contribution is -2.23. The van der Waals surface area contributed by atoms with E-state index in [1.54, 1.807) is 11.3 Å². The third-order valence-electron chi connectivity index (χ3n) is 3.10. The number of imidazole rings is 1. The molecule has 0 bridgehead atoms. The van der Waals surface area contributed by atoms with Gasteiger partial charge in [-0.15, -0.1) is 0 Å². The fraction of sp³-hybridized carbons (Fsp3) is 0.462. The summed E-state index contributed by atoms with van der Waals surface area (Å²) in [6.45, 7) is 7.59. The van der Waals surface area contributed by atoms with E-state index in [2.05, 4.69) is 4.98 Å². The molecular formula is C13H15F3N2O2S. The van der Waals surface area contributed by atoms with Crippen LogP contribution in [-0.4, -0.2) is 23.3 Å². The molecule has 0 atom stereocenters. The van der Waals surface area contributed by atoms with E-state index in [1.807, 2.05) is 20.8 Å². The lowest BCUT2D eigenvalue weighted by atomic mass is 9.91. The zero-order valence-electron chi connectivity index (χ0n) is 12.0. The number of aromatic nitrogens is 2. The molecule has 0 fully saturated rings. The van der Waals surface area contributed by atoms with Crippen LogP contribution in [0.2, 0.25) is 0 Å². The Kier molecular flexibility index (Phi) is 3.36. The highest BCUT2D eigenvalue weighted by Gasteiger charge is 2.47. The number of pyridine rings is 1. The van der Waals surface area contributed by atoms with Gasteiger partial charge in [0.1, 0.15) is 5.65 Å². The number of rotatable bonds is 1. The monoisotopic (exact) mass is 320 g/mol. The number of fused-ring (bicyclic) bond motifs is 1. The number of nitrogens with zero attached hydrogens (tertiary/aromatic N) is 2. The average molecular weight is 320 g/mol. The molecule has 0 spiro atoms. The molecule has 0 saturated carbocycles. The molecule has 0 N–H and O–H groups in total. The van der Waals surface area contributed by atoms with Gasteiger partial charge < -0.3 is 4.40 Å². The molecule has 0 aromatic carbocycles. The summed E-state index contributed by atoms with van der Waals surface area (Å²) in [4.78, 5) is 3.37. The standard InChI is InChI=1S/C13H15F3N2O2S/c1-8-11(12(2,3)4)18-6-5-9(7-10(18)17-8)21(19,20)13(14,15)16/h5-7H,1-4H3. The molecular weight excluding hydrogens is 305 g/mol. The maximum Gasteiger partial charge on any atom is 0.501 e. The van der Waals surface area contributed by atoms with Crippen molar-refractivity contribution in [1.82, 2.24) is 9.38 Å².